The molecule has 0 spiro atoms. The van der Waals surface area contributed by atoms with Gasteiger partial charge in [0.05, 0.1) is 12.8 Å². The van der Waals surface area contributed by atoms with Crippen molar-refractivity contribution in [1.29, 1.82) is 0 Å². The molecule has 0 aliphatic carbocycles. The zero-order valence-corrected chi connectivity index (χ0v) is 16.1. The van der Waals surface area contributed by atoms with E-state index in [2.05, 4.69) is 5.32 Å². The van der Waals surface area contributed by atoms with E-state index in [9.17, 15) is 14.4 Å². The maximum Gasteiger partial charge on any atom is 0.344 e. The van der Waals surface area contributed by atoms with E-state index in [1.54, 1.807) is 55.5 Å². The topological polar surface area (TPSA) is 90.9 Å². The number of hydrogen-bond donors (Lipinski definition) is 1. The largest absolute Gasteiger partial charge is 0.495 e. The zero-order chi connectivity index (χ0) is 20.5. The molecule has 1 amide bonds. The number of ether oxygens (including phenoxy) is 3. The monoisotopic (exact) mass is 385 g/mol. The number of rotatable bonds is 9. The molecular formula is C21H23NO6. The summed E-state index contributed by atoms with van der Waals surface area (Å²) in [6.45, 7) is 2.90. The fourth-order valence-electron chi connectivity index (χ4n) is 2.35. The van der Waals surface area contributed by atoms with Gasteiger partial charge in [-0.2, -0.15) is 0 Å². The molecular weight excluding hydrogens is 362 g/mol. The Hall–Kier alpha value is -3.35. The number of Topliss-reactive ketones (excluding diaryl/α,β-unsaturated/α-hetero) is 1. The van der Waals surface area contributed by atoms with Crippen molar-refractivity contribution in [3.63, 3.8) is 0 Å². The van der Waals surface area contributed by atoms with E-state index in [4.69, 9.17) is 14.2 Å². The molecule has 0 radical (unpaired) electrons. The number of methoxy groups -OCH3 is 1. The van der Waals surface area contributed by atoms with Gasteiger partial charge in [0.25, 0.3) is 5.91 Å². The van der Waals surface area contributed by atoms with Gasteiger partial charge in [-0.1, -0.05) is 19.1 Å². The standard InChI is InChI=1S/C21H23NO6/c1-4-18(23)15-9-11-16(12-10-15)27-13-20(24)28-14(2)21(25)22-17-7-5-6-8-19(17)26-3/h5-12,14H,4,13H2,1-3H3,(H,22,25)/t14-/m1/s1. The highest BCUT2D eigenvalue weighted by atomic mass is 16.6. The molecule has 0 bridgehead atoms. The summed E-state index contributed by atoms with van der Waals surface area (Å²) in [6, 6.07) is 13.4. The summed E-state index contributed by atoms with van der Waals surface area (Å²) in [6.07, 6.45) is -0.591. The van der Waals surface area contributed by atoms with Crippen LogP contribution in [0, 0.1) is 0 Å². The van der Waals surface area contributed by atoms with Gasteiger partial charge in [-0.05, 0) is 43.3 Å². The van der Waals surface area contributed by atoms with E-state index < -0.39 is 18.0 Å². The molecule has 148 valence electrons. The van der Waals surface area contributed by atoms with Crippen molar-refractivity contribution in [2.75, 3.05) is 19.0 Å². The summed E-state index contributed by atoms with van der Waals surface area (Å²) >= 11 is 0. The van der Waals surface area contributed by atoms with Crippen molar-refractivity contribution in [3.8, 4) is 11.5 Å². The molecule has 0 unspecified atom stereocenters. The molecule has 7 nitrogen and oxygen atoms in total. The number of ketones is 1. The van der Waals surface area contributed by atoms with Gasteiger partial charge in [-0.3, -0.25) is 9.59 Å². The summed E-state index contributed by atoms with van der Waals surface area (Å²) < 4.78 is 15.6. The molecule has 2 aromatic carbocycles. The van der Waals surface area contributed by atoms with Crippen LogP contribution in [0.4, 0.5) is 5.69 Å². The maximum absolute atomic E-state index is 12.2. The Morgan fingerprint density at radius 1 is 1.04 bits per heavy atom. The Morgan fingerprint density at radius 3 is 2.36 bits per heavy atom. The molecule has 2 aromatic rings. The first kappa shape index (κ1) is 21.0. The first-order valence-corrected chi connectivity index (χ1v) is 8.84. The van der Waals surface area contributed by atoms with E-state index in [1.807, 2.05) is 0 Å². The van der Waals surface area contributed by atoms with Gasteiger partial charge in [0.1, 0.15) is 11.5 Å². The summed E-state index contributed by atoms with van der Waals surface area (Å²) in [7, 11) is 1.50. The molecule has 7 heteroatoms. The number of hydrogen-bond acceptors (Lipinski definition) is 6. The zero-order valence-electron chi connectivity index (χ0n) is 16.1. The van der Waals surface area contributed by atoms with Crippen LogP contribution < -0.4 is 14.8 Å². The van der Waals surface area contributed by atoms with Gasteiger partial charge in [-0.25, -0.2) is 4.79 Å². The van der Waals surface area contributed by atoms with E-state index >= 15 is 0 Å². The molecule has 0 aliphatic rings. The molecule has 1 N–H and O–H groups in total. The lowest BCUT2D eigenvalue weighted by Crippen LogP contribution is -2.31. The first-order valence-electron chi connectivity index (χ1n) is 8.84. The summed E-state index contributed by atoms with van der Waals surface area (Å²) in [5.41, 5.74) is 1.06. The third kappa shape index (κ3) is 5.84. The third-order valence-corrected chi connectivity index (χ3v) is 3.90. The van der Waals surface area contributed by atoms with E-state index in [0.29, 0.717) is 29.2 Å². The minimum Gasteiger partial charge on any atom is -0.495 e. The predicted molar refractivity (Wildman–Crippen MR) is 104 cm³/mol. The molecule has 1 atom stereocenters. The average molecular weight is 385 g/mol. The Labute approximate surface area is 163 Å². The minimum absolute atomic E-state index is 0.0286. The Kier molecular flexibility index (Phi) is 7.56. The normalized spacial score (nSPS) is 11.2. The van der Waals surface area contributed by atoms with Crippen molar-refractivity contribution in [2.45, 2.75) is 26.4 Å². The van der Waals surface area contributed by atoms with Gasteiger partial charge in [0, 0.05) is 12.0 Å². The van der Waals surface area contributed by atoms with Crippen molar-refractivity contribution in [2.24, 2.45) is 0 Å². The number of para-hydroxylation sites is 2. The van der Waals surface area contributed by atoms with Gasteiger partial charge in [-0.15, -0.1) is 0 Å². The van der Waals surface area contributed by atoms with Crippen LogP contribution in [0.1, 0.15) is 30.6 Å². The molecule has 2 rings (SSSR count). The Balaban J connectivity index is 1.83. The van der Waals surface area contributed by atoms with Gasteiger partial charge in [0.2, 0.25) is 0 Å². The number of amides is 1. The molecule has 0 aromatic heterocycles. The van der Waals surface area contributed by atoms with Crippen LogP contribution in [0.5, 0.6) is 11.5 Å². The number of carbonyl (C=O) groups excluding carboxylic acids is 3. The van der Waals surface area contributed by atoms with Crippen LogP contribution in [0.2, 0.25) is 0 Å². The van der Waals surface area contributed by atoms with Crippen molar-refractivity contribution in [3.05, 3.63) is 54.1 Å². The summed E-state index contributed by atoms with van der Waals surface area (Å²) in [4.78, 5) is 35.7. The lowest BCUT2D eigenvalue weighted by atomic mass is 10.1. The van der Waals surface area contributed by atoms with Crippen LogP contribution in [0.3, 0.4) is 0 Å². The minimum atomic E-state index is -1.01. The highest BCUT2D eigenvalue weighted by molar-refractivity contribution is 5.96. The lowest BCUT2D eigenvalue weighted by molar-refractivity contribution is -0.155. The highest BCUT2D eigenvalue weighted by Gasteiger charge is 2.19. The van der Waals surface area contributed by atoms with E-state index in [-0.39, 0.29) is 12.4 Å². The predicted octanol–water partition coefficient (Wildman–Crippen LogP) is 3.24. The molecule has 0 saturated carbocycles. The fourth-order valence-corrected chi connectivity index (χ4v) is 2.35. The smallest absolute Gasteiger partial charge is 0.344 e. The third-order valence-electron chi connectivity index (χ3n) is 3.90. The molecule has 28 heavy (non-hydrogen) atoms. The quantitative estimate of drug-likeness (QED) is 0.526. The van der Waals surface area contributed by atoms with E-state index in [1.165, 1.54) is 14.0 Å². The molecule has 0 heterocycles. The van der Waals surface area contributed by atoms with Crippen molar-refractivity contribution < 1.29 is 28.6 Å². The number of carbonyl (C=O) groups is 3. The van der Waals surface area contributed by atoms with E-state index in [0.717, 1.165) is 0 Å². The molecule has 0 aliphatic heterocycles. The number of nitrogens with one attached hydrogen (secondary N) is 1. The Bertz CT molecular complexity index is 831. The molecule has 0 saturated heterocycles. The second-order valence-electron chi connectivity index (χ2n) is 5.91. The second-order valence-corrected chi connectivity index (χ2v) is 5.91. The first-order chi connectivity index (χ1) is 13.4. The lowest BCUT2D eigenvalue weighted by Gasteiger charge is -2.15. The van der Waals surface area contributed by atoms with Crippen molar-refractivity contribution >= 4 is 23.3 Å². The van der Waals surface area contributed by atoms with Crippen LogP contribution >= 0.6 is 0 Å². The maximum atomic E-state index is 12.2. The summed E-state index contributed by atoms with van der Waals surface area (Å²) in [5, 5.41) is 2.65. The van der Waals surface area contributed by atoms with Crippen LogP contribution in [-0.2, 0) is 14.3 Å². The Morgan fingerprint density at radius 2 is 1.71 bits per heavy atom. The van der Waals surface area contributed by atoms with Crippen LogP contribution in [-0.4, -0.2) is 37.5 Å². The van der Waals surface area contributed by atoms with Crippen LogP contribution in [0.25, 0.3) is 0 Å². The fraction of sp³-hybridized carbons (Fsp3) is 0.286. The van der Waals surface area contributed by atoms with Crippen LogP contribution in [0.15, 0.2) is 48.5 Å². The summed E-state index contributed by atoms with van der Waals surface area (Å²) in [5.74, 6) is -0.212. The SMILES string of the molecule is CCC(=O)c1ccc(OCC(=O)O[C@H](C)C(=O)Nc2ccccc2OC)cc1. The van der Waals surface area contributed by atoms with Crippen molar-refractivity contribution in [1.82, 2.24) is 0 Å². The molecule has 0 fully saturated rings. The van der Waals surface area contributed by atoms with Gasteiger partial charge >= 0.3 is 5.97 Å². The number of benzene rings is 2. The van der Waals surface area contributed by atoms with Gasteiger partial charge < -0.3 is 19.5 Å². The van der Waals surface area contributed by atoms with Gasteiger partial charge in [0.15, 0.2) is 18.5 Å². The average Bonchev–Trinajstić information content (AvgIpc) is 2.72. The highest BCUT2D eigenvalue weighted by Crippen LogP contribution is 2.23. The number of anilines is 1. The second kappa shape index (κ2) is 10.1. The number of esters is 1.